The number of rotatable bonds is 8. The second-order valence-corrected chi connectivity index (χ2v) is 4.96. The number of allylic oxidation sites excluding steroid dienone is 4. The lowest BCUT2D eigenvalue weighted by Crippen LogP contribution is -2.19. The molecule has 0 bridgehead atoms. The van der Waals surface area contributed by atoms with Crippen LogP contribution < -0.4 is 5.32 Å². The van der Waals surface area contributed by atoms with Crippen molar-refractivity contribution in [1.82, 2.24) is 5.32 Å². The molecule has 0 aromatic rings. The fraction of sp³-hybridized carbons (Fsp3) is 0.733. The molecule has 1 rings (SSSR count). The van der Waals surface area contributed by atoms with Gasteiger partial charge in [-0.2, -0.15) is 0 Å². The molecule has 16 heavy (non-hydrogen) atoms. The predicted octanol–water partition coefficient (Wildman–Crippen LogP) is 4.07. The highest BCUT2D eigenvalue weighted by Gasteiger charge is 2.07. The Hall–Kier alpha value is -0.560. The summed E-state index contributed by atoms with van der Waals surface area (Å²) in [4.78, 5) is 0. The molecule has 0 fully saturated rings. The van der Waals surface area contributed by atoms with Crippen LogP contribution in [0.3, 0.4) is 0 Å². The van der Waals surface area contributed by atoms with E-state index in [1.165, 1.54) is 57.2 Å². The lowest BCUT2D eigenvalue weighted by Gasteiger charge is -2.16. The zero-order chi connectivity index (χ0) is 11.6. The van der Waals surface area contributed by atoms with Crippen LogP contribution >= 0.6 is 0 Å². The van der Waals surface area contributed by atoms with Crippen LogP contribution in [0.2, 0.25) is 0 Å². The zero-order valence-corrected chi connectivity index (χ0v) is 11.0. The average Bonchev–Trinajstić information content (AvgIpc) is 2.28. The molecule has 0 heterocycles. The molecule has 0 saturated heterocycles. The molecule has 0 radical (unpaired) electrons. The topological polar surface area (TPSA) is 12.0 Å². The van der Waals surface area contributed by atoms with Crippen LogP contribution in [0.1, 0.15) is 52.4 Å². The van der Waals surface area contributed by atoms with Gasteiger partial charge in [0, 0.05) is 0 Å². The van der Waals surface area contributed by atoms with E-state index in [0.29, 0.717) is 0 Å². The van der Waals surface area contributed by atoms with Gasteiger partial charge in [-0.05, 0) is 45.2 Å². The summed E-state index contributed by atoms with van der Waals surface area (Å²) >= 11 is 0. The van der Waals surface area contributed by atoms with Crippen LogP contribution in [-0.2, 0) is 0 Å². The minimum atomic E-state index is 0.771. The summed E-state index contributed by atoms with van der Waals surface area (Å²) in [5.74, 6) is 0.771. The van der Waals surface area contributed by atoms with E-state index in [-0.39, 0.29) is 0 Å². The monoisotopic (exact) mass is 221 g/mol. The highest BCUT2D eigenvalue weighted by Crippen LogP contribution is 2.20. The van der Waals surface area contributed by atoms with Gasteiger partial charge in [-0.3, -0.25) is 0 Å². The maximum atomic E-state index is 3.55. The largest absolute Gasteiger partial charge is 0.317 e. The third-order valence-corrected chi connectivity index (χ3v) is 3.25. The van der Waals surface area contributed by atoms with E-state index >= 15 is 0 Å². The Balaban J connectivity index is 1.92. The molecule has 0 aromatic heterocycles. The van der Waals surface area contributed by atoms with Gasteiger partial charge in [-0.15, -0.1) is 0 Å². The first-order valence-electron chi connectivity index (χ1n) is 6.87. The first kappa shape index (κ1) is 13.5. The smallest absolute Gasteiger partial charge is 0.00432 e. The Morgan fingerprint density at radius 3 is 2.88 bits per heavy atom. The van der Waals surface area contributed by atoms with Gasteiger partial charge < -0.3 is 5.32 Å². The molecule has 0 aliphatic heterocycles. The molecule has 1 aliphatic rings. The van der Waals surface area contributed by atoms with Crippen LogP contribution in [0.25, 0.3) is 0 Å². The fourth-order valence-electron chi connectivity index (χ4n) is 2.21. The first-order chi connectivity index (χ1) is 7.83. The van der Waals surface area contributed by atoms with E-state index < -0.39 is 0 Å². The van der Waals surface area contributed by atoms with Crippen molar-refractivity contribution in [3.63, 3.8) is 0 Å². The molecular weight excluding hydrogens is 194 g/mol. The van der Waals surface area contributed by atoms with Crippen LogP contribution in [0.15, 0.2) is 23.8 Å². The molecule has 1 N–H and O–H groups in total. The number of nitrogens with one attached hydrogen (secondary N) is 1. The van der Waals surface area contributed by atoms with E-state index in [4.69, 9.17) is 0 Å². The quantitative estimate of drug-likeness (QED) is 0.609. The summed E-state index contributed by atoms with van der Waals surface area (Å²) in [6.07, 6.45) is 14.8. The van der Waals surface area contributed by atoms with Crippen molar-refractivity contribution in [2.75, 3.05) is 13.1 Å². The summed E-state index contributed by atoms with van der Waals surface area (Å²) in [7, 11) is 0. The van der Waals surface area contributed by atoms with E-state index in [2.05, 4.69) is 37.4 Å². The second-order valence-electron chi connectivity index (χ2n) is 4.96. The SMILES string of the molecule is CCCCCCNCCC1C=CC=C(C)C1. The molecule has 0 aromatic carbocycles. The van der Waals surface area contributed by atoms with Gasteiger partial charge in [-0.25, -0.2) is 0 Å². The average molecular weight is 221 g/mol. The molecule has 1 aliphatic carbocycles. The Bertz CT molecular complexity index is 228. The second kappa shape index (κ2) is 8.58. The van der Waals surface area contributed by atoms with Gasteiger partial charge in [0.15, 0.2) is 0 Å². The van der Waals surface area contributed by atoms with Crippen LogP contribution in [-0.4, -0.2) is 13.1 Å². The Morgan fingerprint density at radius 2 is 2.12 bits per heavy atom. The molecule has 0 amide bonds. The van der Waals surface area contributed by atoms with Crippen LogP contribution in [0.5, 0.6) is 0 Å². The van der Waals surface area contributed by atoms with Crippen LogP contribution in [0, 0.1) is 5.92 Å². The van der Waals surface area contributed by atoms with Gasteiger partial charge in [0.2, 0.25) is 0 Å². The molecule has 0 spiro atoms. The third-order valence-electron chi connectivity index (χ3n) is 3.25. The predicted molar refractivity (Wildman–Crippen MR) is 72.6 cm³/mol. The first-order valence-corrected chi connectivity index (χ1v) is 6.87. The van der Waals surface area contributed by atoms with Crippen molar-refractivity contribution in [1.29, 1.82) is 0 Å². The van der Waals surface area contributed by atoms with Crippen molar-refractivity contribution < 1.29 is 0 Å². The highest BCUT2D eigenvalue weighted by molar-refractivity contribution is 5.17. The molecular formula is C15H27N. The van der Waals surface area contributed by atoms with Crippen molar-refractivity contribution >= 4 is 0 Å². The van der Waals surface area contributed by atoms with Crippen molar-refractivity contribution in [3.05, 3.63) is 23.8 Å². The van der Waals surface area contributed by atoms with Crippen molar-refractivity contribution in [2.24, 2.45) is 5.92 Å². The maximum Gasteiger partial charge on any atom is -0.00432 e. The molecule has 1 nitrogen and oxygen atoms in total. The van der Waals surface area contributed by atoms with E-state index in [9.17, 15) is 0 Å². The van der Waals surface area contributed by atoms with E-state index in [1.54, 1.807) is 0 Å². The molecule has 92 valence electrons. The Labute approximate surface area is 101 Å². The number of unbranched alkanes of at least 4 members (excludes halogenated alkanes) is 3. The van der Waals surface area contributed by atoms with Gasteiger partial charge in [0.25, 0.3) is 0 Å². The fourth-order valence-corrected chi connectivity index (χ4v) is 2.21. The lowest BCUT2D eigenvalue weighted by molar-refractivity contribution is 0.521. The minimum absolute atomic E-state index is 0.771. The third kappa shape index (κ3) is 6.12. The number of hydrogen-bond acceptors (Lipinski definition) is 1. The molecule has 0 saturated carbocycles. The van der Waals surface area contributed by atoms with Gasteiger partial charge in [0.1, 0.15) is 0 Å². The van der Waals surface area contributed by atoms with Crippen molar-refractivity contribution in [2.45, 2.75) is 52.4 Å². The van der Waals surface area contributed by atoms with Gasteiger partial charge >= 0.3 is 0 Å². The Kier molecular flexibility index (Phi) is 7.24. The zero-order valence-electron chi connectivity index (χ0n) is 11.0. The minimum Gasteiger partial charge on any atom is -0.317 e. The van der Waals surface area contributed by atoms with Crippen LogP contribution in [0.4, 0.5) is 0 Å². The summed E-state index contributed by atoms with van der Waals surface area (Å²) in [6.45, 7) is 6.87. The maximum absolute atomic E-state index is 3.55. The summed E-state index contributed by atoms with van der Waals surface area (Å²) < 4.78 is 0. The Morgan fingerprint density at radius 1 is 1.25 bits per heavy atom. The van der Waals surface area contributed by atoms with Gasteiger partial charge in [-0.1, -0.05) is 50.0 Å². The summed E-state index contributed by atoms with van der Waals surface area (Å²) in [5.41, 5.74) is 1.52. The normalized spacial score (nSPS) is 19.9. The van der Waals surface area contributed by atoms with E-state index in [0.717, 1.165) is 5.92 Å². The molecule has 1 atom stereocenters. The summed E-state index contributed by atoms with van der Waals surface area (Å²) in [6, 6.07) is 0. The number of hydrogen-bond donors (Lipinski definition) is 1. The molecule has 1 unspecified atom stereocenters. The van der Waals surface area contributed by atoms with E-state index in [1.807, 2.05) is 0 Å². The standard InChI is InChI=1S/C15H27N/c1-3-4-5-6-11-16-12-10-15-9-7-8-14(2)13-15/h7-9,15-16H,3-6,10-13H2,1-2H3. The van der Waals surface area contributed by atoms with Gasteiger partial charge in [0.05, 0.1) is 0 Å². The highest BCUT2D eigenvalue weighted by atomic mass is 14.8. The molecule has 1 heteroatoms. The lowest BCUT2D eigenvalue weighted by atomic mass is 9.92. The van der Waals surface area contributed by atoms with Crippen molar-refractivity contribution in [3.8, 4) is 0 Å². The summed E-state index contributed by atoms with van der Waals surface area (Å²) in [5, 5.41) is 3.55.